The van der Waals surface area contributed by atoms with E-state index in [1.54, 1.807) is 12.4 Å². The van der Waals surface area contributed by atoms with Gasteiger partial charge >= 0.3 is 7.12 Å². The SMILES string of the molecule is CC(C)c1cn(S(C)(=O)=O)cc1B1OC(C)(C)C(C)(C)O1. The van der Waals surface area contributed by atoms with Crippen molar-refractivity contribution in [3.8, 4) is 0 Å². The zero-order valence-corrected chi connectivity index (χ0v) is 14.6. The second-order valence-corrected chi connectivity index (χ2v) is 8.89. The van der Waals surface area contributed by atoms with Gasteiger partial charge in [0.1, 0.15) is 0 Å². The van der Waals surface area contributed by atoms with Gasteiger partial charge in [0.05, 0.1) is 17.5 Å². The van der Waals surface area contributed by atoms with Gasteiger partial charge in [0.25, 0.3) is 0 Å². The fraction of sp³-hybridized carbons (Fsp3) is 0.714. The maximum absolute atomic E-state index is 11.8. The van der Waals surface area contributed by atoms with Gasteiger partial charge in [0.2, 0.25) is 10.0 Å². The molecule has 1 aromatic heterocycles. The van der Waals surface area contributed by atoms with Crippen LogP contribution in [0.5, 0.6) is 0 Å². The molecule has 1 aliphatic rings. The zero-order chi connectivity index (χ0) is 16.2. The van der Waals surface area contributed by atoms with Crippen LogP contribution in [0.15, 0.2) is 12.4 Å². The van der Waals surface area contributed by atoms with Crippen LogP contribution in [-0.4, -0.2) is 37.0 Å². The molecule has 0 amide bonds. The van der Waals surface area contributed by atoms with Crippen LogP contribution in [-0.2, 0) is 19.3 Å². The molecule has 0 aromatic carbocycles. The summed E-state index contributed by atoms with van der Waals surface area (Å²) in [5.41, 5.74) is 0.825. The van der Waals surface area contributed by atoms with Crippen LogP contribution >= 0.6 is 0 Å². The van der Waals surface area contributed by atoms with E-state index in [-0.39, 0.29) is 5.92 Å². The van der Waals surface area contributed by atoms with Crippen LogP contribution in [0.4, 0.5) is 0 Å². The van der Waals surface area contributed by atoms with Gasteiger partial charge in [-0.05, 0) is 39.2 Å². The third-order valence-corrected chi connectivity index (χ3v) is 5.35. The molecule has 1 aromatic rings. The van der Waals surface area contributed by atoms with Crippen LogP contribution in [0.1, 0.15) is 53.0 Å². The lowest BCUT2D eigenvalue weighted by Gasteiger charge is -2.32. The predicted molar refractivity (Wildman–Crippen MR) is 84.5 cm³/mol. The van der Waals surface area contributed by atoms with Gasteiger partial charge < -0.3 is 9.31 Å². The van der Waals surface area contributed by atoms with E-state index in [1.165, 1.54) is 10.2 Å². The minimum Gasteiger partial charge on any atom is -0.399 e. The van der Waals surface area contributed by atoms with Gasteiger partial charge in [-0.2, -0.15) is 0 Å². The standard InChI is InChI=1S/C14H24BNO4S/c1-10(2)11-8-16(21(7,17)18)9-12(11)15-19-13(3,4)14(5,6)20-15/h8-10H,1-7H3. The summed E-state index contributed by atoms with van der Waals surface area (Å²) in [4.78, 5) is 0. The minimum atomic E-state index is -3.32. The van der Waals surface area contributed by atoms with E-state index >= 15 is 0 Å². The fourth-order valence-electron chi connectivity index (χ4n) is 2.30. The largest absolute Gasteiger partial charge is 0.496 e. The Morgan fingerprint density at radius 1 is 1.10 bits per heavy atom. The Morgan fingerprint density at radius 3 is 1.95 bits per heavy atom. The van der Waals surface area contributed by atoms with E-state index in [0.717, 1.165) is 11.0 Å². The Hall–Kier alpha value is -0.785. The molecule has 5 nitrogen and oxygen atoms in total. The Kier molecular flexibility index (Phi) is 3.84. The summed E-state index contributed by atoms with van der Waals surface area (Å²) >= 11 is 0. The maximum Gasteiger partial charge on any atom is 0.496 e. The first-order valence-corrected chi connectivity index (χ1v) is 8.98. The van der Waals surface area contributed by atoms with Crippen molar-refractivity contribution in [3.63, 3.8) is 0 Å². The summed E-state index contributed by atoms with van der Waals surface area (Å²) in [7, 11) is -3.87. The average Bonchev–Trinajstić information content (AvgIpc) is 2.78. The van der Waals surface area contributed by atoms with Gasteiger partial charge in [0.15, 0.2) is 0 Å². The van der Waals surface area contributed by atoms with E-state index in [2.05, 4.69) is 0 Å². The van der Waals surface area contributed by atoms with Crippen LogP contribution < -0.4 is 5.46 Å². The normalized spacial score (nSPS) is 21.2. The molecular formula is C14H24BNO4S. The molecule has 0 saturated carbocycles. The molecule has 21 heavy (non-hydrogen) atoms. The number of rotatable bonds is 3. The second-order valence-electron chi connectivity index (χ2n) is 7.00. The molecule has 0 N–H and O–H groups in total. The molecular weight excluding hydrogens is 289 g/mol. The van der Waals surface area contributed by atoms with Crippen LogP contribution in [0.2, 0.25) is 0 Å². The van der Waals surface area contributed by atoms with Crippen molar-refractivity contribution >= 4 is 22.6 Å². The highest BCUT2D eigenvalue weighted by molar-refractivity contribution is 7.89. The van der Waals surface area contributed by atoms with Crippen LogP contribution in [0.3, 0.4) is 0 Å². The quantitative estimate of drug-likeness (QED) is 0.797. The van der Waals surface area contributed by atoms with Crippen molar-refractivity contribution in [1.29, 1.82) is 0 Å². The van der Waals surface area contributed by atoms with E-state index in [0.29, 0.717) is 0 Å². The molecule has 0 aliphatic carbocycles. The first-order chi connectivity index (χ1) is 9.35. The Morgan fingerprint density at radius 2 is 1.57 bits per heavy atom. The molecule has 1 aliphatic heterocycles. The minimum absolute atomic E-state index is 0.182. The van der Waals surface area contributed by atoms with Gasteiger partial charge in [-0.1, -0.05) is 13.8 Å². The van der Waals surface area contributed by atoms with Crippen LogP contribution in [0, 0.1) is 0 Å². The Labute approximate surface area is 127 Å². The molecule has 1 fully saturated rings. The van der Waals surface area contributed by atoms with Gasteiger partial charge in [-0.3, -0.25) is 3.97 Å². The molecule has 0 radical (unpaired) electrons. The van der Waals surface area contributed by atoms with Gasteiger partial charge in [0, 0.05) is 17.9 Å². The zero-order valence-electron chi connectivity index (χ0n) is 13.8. The number of nitrogens with zero attached hydrogens (tertiary/aromatic N) is 1. The summed E-state index contributed by atoms with van der Waals surface area (Å²) in [5.74, 6) is 0.182. The summed E-state index contributed by atoms with van der Waals surface area (Å²) in [6.07, 6.45) is 4.44. The van der Waals surface area contributed by atoms with Gasteiger partial charge in [-0.15, -0.1) is 0 Å². The number of aromatic nitrogens is 1. The molecule has 0 bridgehead atoms. The highest BCUT2D eigenvalue weighted by atomic mass is 32.2. The molecule has 118 valence electrons. The van der Waals surface area contributed by atoms with E-state index < -0.39 is 28.3 Å². The average molecular weight is 313 g/mol. The number of hydrogen-bond donors (Lipinski definition) is 0. The topological polar surface area (TPSA) is 57.5 Å². The molecule has 7 heteroatoms. The van der Waals surface area contributed by atoms with E-state index in [4.69, 9.17) is 9.31 Å². The smallest absolute Gasteiger partial charge is 0.399 e. The summed E-state index contributed by atoms with van der Waals surface area (Å²) in [5, 5.41) is 0. The molecule has 1 saturated heterocycles. The van der Waals surface area contributed by atoms with Crippen molar-refractivity contribution in [1.82, 2.24) is 3.97 Å². The molecule has 2 rings (SSSR count). The second kappa shape index (κ2) is 4.86. The van der Waals surface area contributed by atoms with Crippen molar-refractivity contribution in [2.24, 2.45) is 0 Å². The first-order valence-electron chi connectivity index (χ1n) is 7.13. The maximum atomic E-state index is 11.8. The molecule has 0 unspecified atom stereocenters. The lowest BCUT2D eigenvalue weighted by atomic mass is 9.76. The lowest BCUT2D eigenvalue weighted by molar-refractivity contribution is 0.00578. The van der Waals surface area contributed by atoms with Crippen molar-refractivity contribution < 1.29 is 17.7 Å². The van der Waals surface area contributed by atoms with Gasteiger partial charge in [-0.25, -0.2) is 8.42 Å². The molecule has 0 spiro atoms. The third kappa shape index (κ3) is 2.91. The highest BCUT2D eigenvalue weighted by Crippen LogP contribution is 2.37. The Balaban J connectivity index is 2.48. The third-order valence-electron chi connectivity index (χ3n) is 4.38. The van der Waals surface area contributed by atoms with Crippen molar-refractivity contribution in [3.05, 3.63) is 18.0 Å². The Bertz CT molecular complexity index is 630. The molecule has 0 atom stereocenters. The molecule has 2 heterocycles. The summed E-state index contributed by atoms with van der Waals surface area (Å²) in [6, 6.07) is 0. The number of hydrogen-bond acceptors (Lipinski definition) is 4. The first kappa shape index (κ1) is 16.6. The predicted octanol–water partition coefficient (Wildman–Crippen LogP) is 1.72. The monoisotopic (exact) mass is 313 g/mol. The van der Waals surface area contributed by atoms with Crippen molar-refractivity contribution in [2.45, 2.75) is 58.7 Å². The van der Waals surface area contributed by atoms with E-state index in [1.807, 2.05) is 41.5 Å². The lowest BCUT2D eigenvalue weighted by Crippen LogP contribution is -2.41. The highest BCUT2D eigenvalue weighted by Gasteiger charge is 2.52. The summed E-state index contributed by atoms with van der Waals surface area (Å²) in [6.45, 7) is 12.0. The summed E-state index contributed by atoms with van der Waals surface area (Å²) < 4.78 is 36.9. The fourth-order valence-corrected chi connectivity index (χ4v) is 2.91. The van der Waals surface area contributed by atoms with Crippen LogP contribution in [0.25, 0.3) is 0 Å². The van der Waals surface area contributed by atoms with Crippen molar-refractivity contribution in [2.75, 3.05) is 6.26 Å². The van der Waals surface area contributed by atoms with E-state index in [9.17, 15) is 8.42 Å².